The molecule has 2 aromatic carbocycles. The number of halogens is 3. The number of aromatic carboxylic acids is 1. The molecule has 0 aliphatic carbocycles. The molecule has 0 atom stereocenters. The topological polar surface area (TPSA) is 58.9 Å². The molecule has 7 heteroatoms. The van der Waals surface area contributed by atoms with Gasteiger partial charge < -0.3 is 9.94 Å². The van der Waals surface area contributed by atoms with Gasteiger partial charge in [-0.3, -0.25) is 0 Å². The average Bonchev–Trinajstić information content (AvgIpc) is 2.47. The number of carbonyl (C=O) groups is 1. The van der Waals surface area contributed by atoms with Crippen molar-refractivity contribution in [2.24, 2.45) is 5.16 Å². The Hall–Kier alpha value is -2.83. The predicted octanol–water partition coefficient (Wildman–Crippen LogP) is 3.82. The summed E-state index contributed by atoms with van der Waals surface area (Å²) in [5.74, 6) is -1.48. The van der Waals surface area contributed by atoms with Crippen LogP contribution in [-0.2, 0) is 6.18 Å². The van der Waals surface area contributed by atoms with Crippen LogP contribution < -0.4 is 4.84 Å². The van der Waals surface area contributed by atoms with Gasteiger partial charge in [0, 0.05) is 0 Å². The van der Waals surface area contributed by atoms with Gasteiger partial charge in [-0.05, 0) is 29.8 Å². The van der Waals surface area contributed by atoms with Crippen LogP contribution in [0.25, 0.3) is 0 Å². The van der Waals surface area contributed by atoms with Gasteiger partial charge in [0.2, 0.25) is 0 Å². The van der Waals surface area contributed by atoms with E-state index in [-0.39, 0.29) is 5.56 Å². The summed E-state index contributed by atoms with van der Waals surface area (Å²) in [5.41, 5.74) is -0.330. The predicted molar refractivity (Wildman–Crippen MR) is 73.1 cm³/mol. The van der Waals surface area contributed by atoms with Crippen LogP contribution in [0.1, 0.15) is 21.5 Å². The monoisotopic (exact) mass is 309 g/mol. The Labute approximate surface area is 123 Å². The largest absolute Gasteiger partial charge is 0.478 e. The maximum absolute atomic E-state index is 12.7. The van der Waals surface area contributed by atoms with Crippen molar-refractivity contribution in [1.82, 2.24) is 0 Å². The molecule has 2 aromatic rings. The van der Waals surface area contributed by atoms with Gasteiger partial charge in [0.1, 0.15) is 5.56 Å². The molecule has 2 rings (SSSR count). The molecule has 4 nitrogen and oxygen atoms in total. The number of oxime groups is 1. The van der Waals surface area contributed by atoms with E-state index in [2.05, 4.69) is 5.16 Å². The van der Waals surface area contributed by atoms with Gasteiger partial charge in [0.25, 0.3) is 0 Å². The van der Waals surface area contributed by atoms with Crippen molar-refractivity contribution in [3.8, 4) is 5.75 Å². The number of benzene rings is 2. The van der Waals surface area contributed by atoms with Crippen molar-refractivity contribution in [2.75, 3.05) is 0 Å². The van der Waals surface area contributed by atoms with Gasteiger partial charge in [0.05, 0.1) is 11.8 Å². The fourth-order valence-corrected chi connectivity index (χ4v) is 1.64. The highest BCUT2D eigenvalue weighted by molar-refractivity contribution is 5.89. The number of nitrogens with zero attached hydrogens (tertiary/aromatic N) is 1. The molecule has 0 saturated heterocycles. The number of carboxylic acids is 1. The van der Waals surface area contributed by atoms with E-state index in [0.717, 1.165) is 12.1 Å². The summed E-state index contributed by atoms with van der Waals surface area (Å²) >= 11 is 0. The van der Waals surface area contributed by atoms with E-state index in [1.807, 2.05) is 0 Å². The minimum absolute atomic E-state index is 0.0977. The fraction of sp³-hybridized carbons (Fsp3) is 0.0667. The number of hydrogen-bond acceptors (Lipinski definition) is 3. The highest BCUT2D eigenvalue weighted by atomic mass is 19.4. The van der Waals surface area contributed by atoms with E-state index in [9.17, 15) is 18.0 Å². The Kier molecular flexibility index (Phi) is 4.45. The lowest BCUT2D eigenvalue weighted by atomic mass is 10.1. The zero-order valence-electron chi connectivity index (χ0n) is 11.0. The van der Waals surface area contributed by atoms with Crippen LogP contribution in [0.4, 0.5) is 13.2 Å². The van der Waals surface area contributed by atoms with E-state index in [4.69, 9.17) is 9.94 Å². The third-order valence-electron chi connectivity index (χ3n) is 2.70. The van der Waals surface area contributed by atoms with Gasteiger partial charge in [-0.1, -0.05) is 29.4 Å². The fourth-order valence-electron chi connectivity index (χ4n) is 1.64. The number of alkyl halides is 3. The van der Waals surface area contributed by atoms with Crippen molar-refractivity contribution in [3.63, 3.8) is 0 Å². The van der Waals surface area contributed by atoms with Crippen LogP contribution in [0, 0.1) is 0 Å². The molecular formula is C15H10F3NO3. The molecule has 0 unspecified atom stereocenters. The molecule has 0 aliphatic rings. The van der Waals surface area contributed by atoms with Crippen molar-refractivity contribution < 1.29 is 27.9 Å². The Bertz CT molecular complexity index is 694. The second kappa shape index (κ2) is 6.30. The lowest BCUT2D eigenvalue weighted by Crippen LogP contribution is -2.06. The van der Waals surface area contributed by atoms with E-state index in [1.54, 1.807) is 0 Å². The molecule has 22 heavy (non-hydrogen) atoms. The van der Waals surface area contributed by atoms with Crippen molar-refractivity contribution >= 4 is 12.2 Å². The quantitative estimate of drug-likeness (QED) is 0.690. The summed E-state index contributed by atoms with van der Waals surface area (Å²) in [6.45, 7) is 0. The molecule has 0 saturated carbocycles. The van der Waals surface area contributed by atoms with E-state index in [1.165, 1.54) is 42.6 Å². The lowest BCUT2D eigenvalue weighted by molar-refractivity contribution is -0.138. The Morgan fingerprint density at radius 3 is 2.32 bits per heavy atom. The van der Waals surface area contributed by atoms with Crippen LogP contribution in [0.15, 0.2) is 53.7 Å². The summed E-state index contributed by atoms with van der Waals surface area (Å²) in [4.78, 5) is 15.5. The first-order valence-corrected chi connectivity index (χ1v) is 6.08. The summed E-state index contributed by atoms with van der Waals surface area (Å²) in [7, 11) is 0. The van der Waals surface area contributed by atoms with Crippen molar-refractivity contribution in [2.45, 2.75) is 6.18 Å². The number of carboxylic acid groups (broad SMARTS) is 1. The third-order valence-corrected chi connectivity index (χ3v) is 2.70. The summed E-state index contributed by atoms with van der Waals surface area (Å²) in [5, 5.41) is 12.2. The maximum Gasteiger partial charge on any atom is 0.420 e. The lowest BCUT2D eigenvalue weighted by Gasteiger charge is -2.09. The molecule has 0 aromatic heterocycles. The van der Waals surface area contributed by atoms with Crippen molar-refractivity contribution in [3.05, 3.63) is 65.2 Å². The van der Waals surface area contributed by atoms with E-state index >= 15 is 0 Å². The van der Waals surface area contributed by atoms with E-state index < -0.39 is 23.5 Å². The first-order valence-electron chi connectivity index (χ1n) is 6.08. The number of hydrogen-bond donors (Lipinski definition) is 1. The molecule has 0 amide bonds. The van der Waals surface area contributed by atoms with Gasteiger partial charge in [-0.15, -0.1) is 0 Å². The molecule has 1 N–H and O–H groups in total. The highest BCUT2D eigenvalue weighted by Crippen LogP contribution is 2.35. The zero-order valence-corrected chi connectivity index (χ0v) is 11.0. The van der Waals surface area contributed by atoms with Crippen LogP contribution >= 0.6 is 0 Å². The number of rotatable bonds is 4. The summed E-state index contributed by atoms with van der Waals surface area (Å²) in [6.07, 6.45) is -3.34. The van der Waals surface area contributed by atoms with Gasteiger partial charge >= 0.3 is 12.1 Å². The second-order valence-corrected chi connectivity index (χ2v) is 4.25. The molecule has 0 aliphatic heterocycles. The van der Waals surface area contributed by atoms with Crippen LogP contribution in [0.5, 0.6) is 5.75 Å². The molecule has 114 valence electrons. The maximum atomic E-state index is 12.7. The smallest absolute Gasteiger partial charge is 0.420 e. The van der Waals surface area contributed by atoms with Gasteiger partial charge in [-0.2, -0.15) is 13.2 Å². The molecule has 0 bridgehead atoms. The first kappa shape index (κ1) is 15.6. The minimum atomic E-state index is -4.53. The van der Waals surface area contributed by atoms with Gasteiger partial charge in [-0.25, -0.2) is 4.79 Å². The summed E-state index contributed by atoms with van der Waals surface area (Å²) < 4.78 is 38.2. The molecule has 0 spiro atoms. The first-order chi connectivity index (χ1) is 10.4. The van der Waals surface area contributed by atoms with Crippen LogP contribution in [0.2, 0.25) is 0 Å². The standard InChI is InChI=1S/C15H10F3NO3/c16-15(17,18)12-3-1-2-4-13(12)22-19-9-10-5-7-11(8-6-10)14(20)21/h1-9H,(H,20,21)/b19-9+. The molecule has 0 heterocycles. The zero-order chi connectivity index (χ0) is 16.2. The third kappa shape index (κ3) is 3.85. The van der Waals surface area contributed by atoms with Crippen LogP contribution in [0.3, 0.4) is 0 Å². The molecular weight excluding hydrogens is 299 g/mol. The molecule has 0 fully saturated rings. The Morgan fingerprint density at radius 2 is 1.73 bits per heavy atom. The van der Waals surface area contributed by atoms with Crippen molar-refractivity contribution in [1.29, 1.82) is 0 Å². The normalized spacial score (nSPS) is 11.6. The second-order valence-electron chi connectivity index (χ2n) is 4.25. The minimum Gasteiger partial charge on any atom is -0.478 e. The number of para-hydroxylation sites is 1. The average molecular weight is 309 g/mol. The molecule has 0 radical (unpaired) electrons. The summed E-state index contributed by atoms with van der Waals surface area (Å²) in [6, 6.07) is 10.4. The highest BCUT2D eigenvalue weighted by Gasteiger charge is 2.34. The van der Waals surface area contributed by atoms with E-state index in [0.29, 0.717) is 5.56 Å². The Morgan fingerprint density at radius 1 is 1.09 bits per heavy atom. The van der Waals surface area contributed by atoms with Gasteiger partial charge in [0.15, 0.2) is 5.75 Å². The SMILES string of the molecule is O=C(O)c1ccc(/C=N/Oc2ccccc2C(F)(F)F)cc1. The Balaban J connectivity index is 2.11. The van der Waals surface area contributed by atoms with Crippen LogP contribution in [-0.4, -0.2) is 17.3 Å².